The first-order valence-electron chi connectivity index (χ1n) is 21.1. The molecule has 286 valence electrons. The fourth-order valence-corrected chi connectivity index (χ4v) is 11.0. The van der Waals surface area contributed by atoms with Crippen LogP contribution in [0, 0.1) is 0 Å². The van der Waals surface area contributed by atoms with Crippen LogP contribution in [0.25, 0.3) is 55.0 Å². The summed E-state index contributed by atoms with van der Waals surface area (Å²) in [6.45, 7) is 0.0225. The topological polar surface area (TPSA) is 46.8 Å². The number of hydrogen-bond acceptors (Lipinski definition) is 4. The molecule has 2 aromatic heterocycles. The molecule has 6 nitrogen and oxygen atoms in total. The quantitative estimate of drug-likeness (QED) is 0.164. The molecule has 0 atom stereocenters. The van der Waals surface area contributed by atoms with E-state index in [9.17, 15) is 0 Å². The highest BCUT2D eigenvalue weighted by Gasteiger charge is 2.42. The van der Waals surface area contributed by atoms with Crippen LogP contribution in [0.2, 0.25) is 0 Å². The van der Waals surface area contributed by atoms with Gasteiger partial charge in [-0.1, -0.05) is 109 Å². The van der Waals surface area contributed by atoms with Crippen molar-refractivity contribution < 1.29 is 18.9 Å². The van der Waals surface area contributed by atoms with Crippen LogP contribution in [-0.4, -0.2) is 22.6 Å². The van der Waals surface area contributed by atoms with Crippen LogP contribution in [0.3, 0.4) is 0 Å². The molecule has 0 aliphatic carbocycles. The van der Waals surface area contributed by atoms with Crippen LogP contribution in [0.15, 0.2) is 182 Å². The molecule has 4 aliphatic heterocycles. The summed E-state index contributed by atoms with van der Waals surface area (Å²) in [5.74, 6) is 6.74. The Kier molecular flexibility index (Phi) is 6.23. The normalized spacial score (nSPS) is 13.6. The summed E-state index contributed by atoms with van der Waals surface area (Å²) in [6.07, 6.45) is 0. The first-order chi connectivity index (χ1) is 30.7. The molecule has 62 heavy (non-hydrogen) atoms. The summed E-state index contributed by atoms with van der Waals surface area (Å²) in [4.78, 5) is 0. The van der Waals surface area contributed by atoms with Crippen molar-refractivity contribution in [1.29, 1.82) is 0 Å². The fraction of sp³-hybridized carbons (Fsp3) is 0. The average molecular weight is 792 g/mol. The minimum Gasteiger partial charge on any atom is -0.458 e. The molecule has 0 bridgehead atoms. The maximum absolute atomic E-state index is 6.77. The lowest BCUT2D eigenvalue weighted by molar-refractivity contribution is 0.463. The molecule has 0 spiro atoms. The van der Waals surface area contributed by atoms with E-state index in [1.54, 1.807) is 0 Å². The van der Waals surface area contributed by atoms with E-state index in [-0.39, 0.29) is 13.4 Å². The third-order valence-electron chi connectivity index (χ3n) is 13.5. The number of ether oxygens (including phenoxy) is 4. The molecule has 0 saturated heterocycles. The standard InChI is InChI=1S/C54H30B2N2O4/c1-7-19-41-33(13-1)35-29-44-36(30-43(35)57(41)31-25-49-53-50(26-31)60-46-22-10-4-16-38(46)55(53)37-15-3-9-21-45(37)59-49)34-14-2-8-20-42(34)58(44)32-27-51-54-52(28-32)62-48-24-12-6-18-40(48)56(54)39-17-5-11-23-47(39)61-51/h1-30H. The Hall–Kier alpha value is -8.09. The van der Waals surface area contributed by atoms with Gasteiger partial charge in [0.1, 0.15) is 46.0 Å². The summed E-state index contributed by atoms with van der Waals surface area (Å²) in [7, 11) is 0. The lowest BCUT2D eigenvalue weighted by Gasteiger charge is -2.33. The molecule has 0 radical (unpaired) electrons. The van der Waals surface area contributed by atoms with Crippen molar-refractivity contribution in [2.24, 2.45) is 0 Å². The van der Waals surface area contributed by atoms with Gasteiger partial charge in [0.05, 0.1) is 33.4 Å². The zero-order valence-electron chi connectivity index (χ0n) is 33.0. The average Bonchev–Trinajstić information content (AvgIpc) is 3.82. The third kappa shape index (κ3) is 4.25. The third-order valence-corrected chi connectivity index (χ3v) is 13.5. The predicted octanol–water partition coefficient (Wildman–Crippen LogP) is 9.34. The molecule has 6 heterocycles. The van der Waals surface area contributed by atoms with E-state index < -0.39 is 0 Å². The van der Waals surface area contributed by atoms with E-state index in [0.717, 1.165) is 134 Å². The van der Waals surface area contributed by atoms with Gasteiger partial charge < -0.3 is 28.1 Å². The Labute approximate surface area is 355 Å². The van der Waals surface area contributed by atoms with Gasteiger partial charge in [-0.05, 0) is 70.4 Å². The van der Waals surface area contributed by atoms with Gasteiger partial charge in [0.25, 0.3) is 13.4 Å². The van der Waals surface area contributed by atoms with Crippen LogP contribution >= 0.6 is 0 Å². The molecular weight excluding hydrogens is 762 g/mol. The molecule has 15 rings (SSSR count). The zero-order chi connectivity index (χ0) is 40.2. The Bertz CT molecular complexity index is 3420. The molecule has 0 fully saturated rings. The Morgan fingerprint density at radius 3 is 0.935 bits per heavy atom. The van der Waals surface area contributed by atoms with Crippen molar-refractivity contribution in [3.63, 3.8) is 0 Å². The number of hydrogen-bond donors (Lipinski definition) is 0. The lowest BCUT2D eigenvalue weighted by Crippen LogP contribution is -2.57. The van der Waals surface area contributed by atoms with Gasteiger partial charge in [0.15, 0.2) is 0 Å². The number of para-hydroxylation sites is 6. The van der Waals surface area contributed by atoms with E-state index in [0.29, 0.717) is 0 Å². The minimum atomic E-state index is 0.0113. The summed E-state index contributed by atoms with van der Waals surface area (Å²) < 4.78 is 31.8. The van der Waals surface area contributed by atoms with E-state index in [4.69, 9.17) is 18.9 Å². The van der Waals surface area contributed by atoms with Crippen molar-refractivity contribution >= 4 is 89.8 Å². The highest BCUT2D eigenvalue weighted by atomic mass is 16.5. The lowest BCUT2D eigenvalue weighted by atomic mass is 9.35. The van der Waals surface area contributed by atoms with Crippen molar-refractivity contribution in [2.45, 2.75) is 0 Å². The van der Waals surface area contributed by atoms with Crippen LogP contribution in [0.5, 0.6) is 46.0 Å². The molecular formula is C54H30B2N2O4. The number of aromatic nitrogens is 2. The largest absolute Gasteiger partial charge is 0.458 e. The van der Waals surface area contributed by atoms with Gasteiger partial charge in [-0.2, -0.15) is 0 Å². The summed E-state index contributed by atoms with van der Waals surface area (Å²) in [5.41, 5.74) is 13.1. The van der Waals surface area contributed by atoms with Crippen molar-refractivity contribution in [3.05, 3.63) is 182 Å². The van der Waals surface area contributed by atoms with Crippen LogP contribution < -0.4 is 51.7 Å². The van der Waals surface area contributed by atoms with Crippen molar-refractivity contribution in [1.82, 2.24) is 9.13 Å². The Morgan fingerprint density at radius 1 is 0.274 bits per heavy atom. The smallest absolute Gasteiger partial charge is 0.260 e. The molecule has 0 unspecified atom stereocenters. The summed E-state index contributed by atoms with van der Waals surface area (Å²) >= 11 is 0. The van der Waals surface area contributed by atoms with E-state index in [2.05, 4.69) is 167 Å². The molecule has 4 aliphatic rings. The molecule has 0 saturated carbocycles. The highest BCUT2D eigenvalue weighted by Crippen LogP contribution is 2.44. The number of rotatable bonds is 2. The van der Waals surface area contributed by atoms with Gasteiger partial charge in [0, 0.05) is 56.7 Å². The number of nitrogens with zero attached hydrogens (tertiary/aromatic N) is 2. The Balaban J connectivity index is 0.970. The van der Waals surface area contributed by atoms with Crippen LogP contribution in [0.4, 0.5) is 0 Å². The second-order valence-corrected chi connectivity index (χ2v) is 16.7. The summed E-state index contributed by atoms with van der Waals surface area (Å²) in [5, 5.41) is 4.61. The first-order valence-corrected chi connectivity index (χ1v) is 21.1. The maximum Gasteiger partial charge on any atom is 0.260 e. The van der Waals surface area contributed by atoms with Gasteiger partial charge in [0.2, 0.25) is 0 Å². The van der Waals surface area contributed by atoms with Crippen molar-refractivity contribution in [3.8, 4) is 57.4 Å². The van der Waals surface area contributed by atoms with Gasteiger partial charge in [-0.25, -0.2) is 0 Å². The monoisotopic (exact) mass is 792 g/mol. The zero-order valence-corrected chi connectivity index (χ0v) is 33.0. The minimum absolute atomic E-state index is 0.0113. The van der Waals surface area contributed by atoms with Gasteiger partial charge >= 0.3 is 0 Å². The maximum atomic E-state index is 6.77. The molecule has 8 heteroatoms. The van der Waals surface area contributed by atoms with E-state index in [1.165, 1.54) is 0 Å². The second-order valence-electron chi connectivity index (χ2n) is 16.7. The second kappa shape index (κ2) is 11.8. The van der Waals surface area contributed by atoms with Gasteiger partial charge in [-0.15, -0.1) is 0 Å². The fourth-order valence-electron chi connectivity index (χ4n) is 11.0. The first kappa shape index (κ1) is 32.7. The van der Waals surface area contributed by atoms with Crippen LogP contribution in [0.1, 0.15) is 0 Å². The van der Waals surface area contributed by atoms with E-state index >= 15 is 0 Å². The van der Waals surface area contributed by atoms with Crippen LogP contribution in [-0.2, 0) is 0 Å². The SMILES string of the molecule is c1ccc2c(c1)Oc1cc(-n3c4ccccc4c4cc5c(cc43)c3ccccc3n5-c3cc4c5c(c3)Oc3ccccc3B5c3ccccc3O4)cc3c1B2c1ccccc1O3. The molecule has 0 N–H and O–H groups in total. The highest BCUT2D eigenvalue weighted by molar-refractivity contribution is 6.99. The Morgan fingerprint density at radius 2 is 0.581 bits per heavy atom. The molecule has 11 aromatic rings. The summed E-state index contributed by atoms with van der Waals surface area (Å²) in [6, 6.07) is 64.4. The molecule has 0 amide bonds. The predicted molar refractivity (Wildman–Crippen MR) is 250 cm³/mol. The van der Waals surface area contributed by atoms with Crippen molar-refractivity contribution in [2.75, 3.05) is 0 Å². The van der Waals surface area contributed by atoms with E-state index in [1.807, 2.05) is 24.3 Å². The number of benzene rings is 9. The molecule has 9 aromatic carbocycles. The van der Waals surface area contributed by atoms with Gasteiger partial charge in [-0.3, -0.25) is 0 Å². The number of fused-ring (bicyclic) bond motifs is 14.